The highest BCUT2D eigenvalue weighted by molar-refractivity contribution is 7.22. The van der Waals surface area contributed by atoms with Crippen LogP contribution in [-0.2, 0) is 11.2 Å². The number of fused-ring (bicyclic) bond motifs is 2. The summed E-state index contributed by atoms with van der Waals surface area (Å²) in [5.41, 5.74) is 2.77. The lowest BCUT2D eigenvalue weighted by molar-refractivity contribution is 0.0391. The average Bonchev–Trinajstić information content (AvgIpc) is 3.27. The predicted molar refractivity (Wildman–Crippen MR) is 125 cm³/mol. The number of hydrogen-bond acceptors (Lipinski definition) is 7. The van der Waals surface area contributed by atoms with E-state index >= 15 is 0 Å². The van der Waals surface area contributed by atoms with Gasteiger partial charge in [-0.2, -0.15) is 0 Å². The second kappa shape index (κ2) is 9.44. The predicted octanol–water partition coefficient (Wildman–Crippen LogP) is 3.61. The number of thiazole rings is 1. The second-order valence-corrected chi connectivity index (χ2v) is 8.93. The number of carbonyl (C=O) groups is 1. The number of carbonyl (C=O) groups excluding carboxylic acids is 1. The van der Waals surface area contributed by atoms with Crippen LogP contribution in [0.15, 0.2) is 36.4 Å². The lowest BCUT2D eigenvalue weighted by Gasteiger charge is -2.29. The normalized spacial score (nSPS) is 16.3. The molecule has 5 rings (SSSR count). The van der Waals surface area contributed by atoms with E-state index in [9.17, 15) is 4.79 Å². The zero-order valence-electron chi connectivity index (χ0n) is 18.2. The van der Waals surface area contributed by atoms with E-state index in [4.69, 9.17) is 19.2 Å². The molecule has 0 saturated carbocycles. The van der Waals surface area contributed by atoms with Crippen LogP contribution in [0.1, 0.15) is 22.8 Å². The number of hydrogen-bond donors (Lipinski definition) is 0. The third-order valence-corrected chi connectivity index (χ3v) is 6.90. The molecule has 0 spiro atoms. The number of benzene rings is 2. The van der Waals surface area contributed by atoms with Crippen molar-refractivity contribution in [1.82, 2.24) is 9.88 Å². The van der Waals surface area contributed by atoms with Crippen LogP contribution >= 0.6 is 11.3 Å². The Balaban J connectivity index is 1.45. The Morgan fingerprint density at radius 1 is 1.06 bits per heavy atom. The van der Waals surface area contributed by atoms with Gasteiger partial charge in [0.25, 0.3) is 5.91 Å². The van der Waals surface area contributed by atoms with Gasteiger partial charge < -0.3 is 14.2 Å². The van der Waals surface area contributed by atoms with Crippen molar-refractivity contribution in [3.63, 3.8) is 0 Å². The summed E-state index contributed by atoms with van der Waals surface area (Å²) >= 11 is 1.57. The molecule has 168 valence electrons. The van der Waals surface area contributed by atoms with E-state index < -0.39 is 0 Å². The lowest BCUT2D eigenvalue weighted by atomic mass is 10.1. The third kappa shape index (κ3) is 4.44. The van der Waals surface area contributed by atoms with Gasteiger partial charge in [-0.3, -0.25) is 14.6 Å². The van der Waals surface area contributed by atoms with E-state index in [2.05, 4.69) is 24.0 Å². The molecule has 3 aromatic rings. The number of nitrogens with zero attached hydrogens (tertiary/aromatic N) is 3. The van der Waals surface area contributed by atoms with Crippen LogP contribution in [0.25, 0.3) is 10.2 Å². The maximum absolute atomic E-state index is 13.7. The van der Waals surface area contributed by atoms with E-state index in [-0.39, 0.29) is 5.91 Å². The van der Waals surface area contributed by atoms with Crippen LogP contribution < -0.4 is 14.4 Å². The standard InChI is InChI=1S/C24H27N3O4S/c1-2-17-3-5-19-22(15-17)32-24(25-19)27(8-7-26-9-11-29-12-10-26)23(28)18-4-6-20-21(16-18)31-14-13-30-20/h3-6,15-16H,2,7-14H2,1H3. The van der Waals surface area contributed by atoms with Crippen molar-refractivity contribution in [3.05, 3.63) is 47.5 Å². The van der Waals surface area contributed by atoms with Gasteiger partial charge in [0.1, 0.15) is 13.2 Å². The van der Waals surface area contributed by atoms with Gasteiger partial charge in [-0.05, 0) is 42.3 Å². The molecule has 0 bridgehead atoms. The van der Waals surface area contributed by atoms with Gasteiger partial charge in [-0.15, -0.1) is 0 Å². The molecule has 3 heterocycles. The number of morpholine rings is 1. The van der Waals surface area contributed by atoms with Gasteiger partial charge >= 0.3 is 0 Å². The summed E-state index contributed by atoms with van der Waals surface area (Å²) in [6, 6.07) is 11.7. The first-order chi connectivity index (χ1) is 15.7. The quantitative estimate of drug-likeness (QED) is 0.568. The van der Waals surface area contributed by atoms with Crippen molar-refractivity contribution < 1.29 is 19.0 Å². The summed E-state index contributed by atoms with van der Waals surface area (Å²) in [5, 5.41) is 0.724. The Bertz CT molecular complexity index is 1110. The van der Waals surface area contributed by atoms with Crippen molar-refractivity contribution in [2.24, 2.45) is 0 Å². The molecular formula is C24H27N3O4S. The fourth-order valence-corrected chi connectivity index (χ4v) is 5.03. The summed E-state index contributed by atoms with van der Waals surface area (Å²) in [6.07, 6.45) is 0.972. The number of ether oxygens (including phenoxy) is 3. The smallest absolute Gasteiger partial charge is 0.260 e. The van der Waals surface area contributed by atoms with E-state index in [1.807, 2.05) is 12.1 Å². The highest BCUT2D eigenvalue weighted by Gasteiger charge is 2.24. The van der Waals surface area contributed by atoms with Crippen LogP contribution in [0.4, 0.5) is 5.13 Å². The number of aryl methyl sites for hydroxylation is 1. The fraction of sp³-hybridized carbons (Fsp3) is 0.417. The molecule has 0 aliphatic carbocycles. The lowest BCUT2D eigenvalue weighted by Crippen LogP contribution is -2.43. The monoisotopic (exact) mass is 453 g/mol. The van der Waals surface area contributed by atoms with Crippen LogP contribution in [-0.4, -0.2) is 68.4 Å². The molecule has 7 nitrogen and oxygen atoms in total. The van der Waals surface area contributed by atoms with Gasteiger partial charge in [0, 0.05) is 31.7 Å². The molecular weight excluding hydrogens is 426 g/mol. The molecule has 0 unspecified atom stereocenters. The molecule has 1 saturated heterocycles. The second-order valence-electron chi connectivity index (χ2n) is 7.92. The van der Waals surface area contributed by atoms with Crippen LogP contribution in [0.3, 0.4) is 0 Å². The Hall–Kier alpha value is -2.68. The van der Waals surface area contributed by atoms with Crippen molar-refractivity contribution in [1.29, 1.82) is 0 Å². The Morgan fingerprint density at radius 2 is 1.88 bits per heavy atom. The maximum atomic E-state index is 13.7. The molecule has 2 aliphatic rings. The summed E-state index contributed by atoms with van der Waals surface area (Å²) in [4.78, 5) is 22.6. The molecule has 1 fully saturated rings. The summed E-state index contributed by atoms with van der Waals surface area (Å²) in [6.45, 7) is 7.72. The number of rotatable bonds is 6. The number of amides is 1. The number of anilines is 1. The minimum absolute atomic E-state index is 0.0787. The Kier molecular flexibility index (Phi) is 6.25. The topological polar surface area (TPSA) is 64.1 Å². The SMILES string of the molecule is CCc1ccc2nc(N(CCN3CCOCC3)C(=O)c3ccc4c(c3)OCCO4)sc2c1. The molecule has 2 aromatic carbocycles. The van der Waals surface area contributed by atoms with Gasteiger partial charge in [0.05, 0.1) is 23.4 Å². The summed E-state index contributed by atoms with van der Waals surface area (Å²) in [7, 11) is 0. The van der Waals surface area contributed by atoms with E-state index in [1.54, 1.807) is 28.4 Å². The zero-order chi connectivity index (χ0) is 21.9. The van der Waals surface area contributed by atoms with Gasteiger partial charge in [-0.25, -0.2) is 4.98 Å². The van der Waals surface area contributed by atoms with Gasteiger partial charge in [-0.1, -0.05) is 24.3 Å². The van der Waals surface area contributed by atoms with E-state index in [0.717, 1.165) is 54.6 Å². The third-order valence-electron chi connectivity index (χ3n) is 5.86. The molecule has 1 amide bonds. The van der Waals surface area contributed by atoms with Crippen LogP contribution in [0, 0.1) is 0 Å². The van der Waals surface area contributed by atoms with Gasteiger partial charge in [0.15, 0.2) is 16.6 Å². The maximum Gasteiger partial charge on any atom is 0.260 e. The molecule has 2 aliphatic heterocycles. The first-order valence-corrected chi connectivity index (χ1v) is 11.9. The van der Waals surface area contributed by atoms with Gasteiger partial charge in [0.2, 0.25) is 0 Å². The molecule has 8 heteroatoms. The zero-order valence-corrected chi connectivity index (χ0v) is 19.0. The largest absolute Gasteiger partial charge is 0.486 e. The highest BCUT2D eigenvalue weighted by Crippen LogP contribution is 2.34. The number of aromatic nitrogens is 1. The average molecular weight is 454 g/mol. The van der Waals surface area contributed by atoms with Crippen molar-refractivity contribution >= 4 is 32.6 Å². The molecule has 1 aromatic heterocycles. The molecule has 0 N–H and O–H groups in total. The van der Waals surface area contributed by atoms with Crippen molar-refractivity contribution in [3.8, 4) is 11.5 Å². The molecule has 32 heavy (non-hydrogen) atoms. The summed E-state index contributed by atoms with van der Waals surface area (Å²) < 4.78 is 17.9. The Labute approximate surface area is 191 Å². The highest BCUT2D eigenvalue weighted by atomic mass is 32.1. The minimum atomic E-state index is -0.0787. The van der Waals surface area contributed by atoms with E-state index in [0.29, 0.717) is 36.8 Å². The first kappa shape index (κ1) is 21.2. The van der Waals surface area contributed by atoms with Crippen LogP contribution in [0.5, 0.6) is 11.5 Å². The minimum Gasteiger partial charge on any atom is -0.486 e. The first-order valence-electron chi connectivity index (χ1n) is 11.1. The Morgan fingerprint density at radius 3 is 2.69 bits per heavy atom. The van der Waals surface area contributed by atoms with Crippen molar-refractivity contribution in [2.45, 2.75) is 13.3 Å². The fourth-order valence-electron chi connectivity index (χ4n) is 3.97. The molecule has 0 atom stereocenters. The van der Waals surface area contributed by atoms with Crippen molar-refractivity contribution in [2.75, 3.05) is 57.5 Å². The van der Waals surface area contributed by atoms with E-state index in [1.165, 1.54) is 5.56 Å². The van der Waals surface area contributed by atoms with Crippen LogP contribution in [0.2, 0.25) is 0 Å². The summed E-state index contributed by atoms with van der Waals surface area (Å²) in [5.74, 6) is 1.22. The molecule has 0 radical (unpaired) electrons.